The second-order valence-corrected chi connectivity index (χ2v) is 8.10. The smallest absolute Gasteiger partial charge is 0.185 e. The molecule has 1 aromatic carbocycles. The third-order valence-electron chi connectivity index (χ3n) is 4.81. The van der Waals surface area contributed by atoms with Gasteiger partial charge < -0.3 is 14.7 Å². The van der Waals surface area contributed by atoms with E-state index in [2.05, 4.69) is 45.9 Å². The van der Waals surface area contributed by atoms with Crippen LogP contribution in [-0.2, 0) is 6.54 Å². The highest BCUT2D eigenvalue weighted by molar-refractivity contribution is 7.14. The number of benzene rings is 1. The molecule has 0 spiro atoms. The molecule has 0 saturated carbocycles. The molecule has 0 unspecified atom stereocenters. The average molecular weight is 398 g/mol. The highest BCUT2D eigenvalue weighted by Gasteiger charge is 2.20. The lowest BCUT2D eigenvalue weighted by Crippen LogP contribution is -2.46. The maximum absolute atomic E-state index is 13.1. The highest BCUT2D eigenvalue weighted by Crippen LogP contribution is 2.28. The molecule has 0 amide bonds. The molecule has 0 bridgehead atoms. The van der Waals surface area contributed by atoms with E-state index in [0.717, 1.165) is 54.9 Å². The summed E-state index contributed by atoms with van der Waals surface area (Å²) in [6.07, 6.45) is 1.97. The zero-order chi connectivity index (χ0) is 19.5. The van der Waals surface area contributed by atoms with E-state index in [1.165, 1.54) is 17.7 Å². The van der Waals surface area contributed by atoms with Gasteiger partial charge in [0.1, 0.15) is 11.6 Å². The normalized spacial score (nSPS) is 14.7. The lowest BCUT2D eigenvalue weighted by Gasteiger charge is -2.35. The maximum atomic E-state index is 13.1. The number of halogens is 1. The number of pyridine rings is 1. The first-order chi connectivity index (χ1) is 13.6. The molecule has 4 rings (SSSR count). The fourth-order valence-corrected chi connectivity index (χ4v) is 4.24. The molecule has 0 aliphatic carbocycles. The van der Waals surface area contributed by atoms with Gasteiger partial charge in [-0.3, -0.25) is 0 Å². The summed E-state index contributed by atoms with van der Waals surface area (Å²) in [5, 5.41) is 3.06. The summed E-state index contributed by atoms with van der Waals surface area (Å²) in [5.74, 6) is 0.812. The van der Waals surface area contributed by atoms with Gasteiger partial charge in [0.2, 0.25) is 0 Å². The number of piperazine rings is 1. The molecule has 7 heteroatoms. The minimum atomic E-state index is -0.223. The standard InChI is InChI=1S/C21H24FN5S/c1-25(2)14-16-3-8-20(23-13-16)26-9-11-27(12-10-26)21-24-19(15-28-21)17-4-6-18(22)7-5-17/h3-8,13,15H,9-12,14H2,1-2H3. The molecule has 1 saturated heterocycles. The van der Waals surface area contributed by atoms with Crippen LogP contribution in [0, 0.1) is 5.82 Å². The van der Waals surface area contributed by atoms with Gasteiger partial charge in [-0.1, -0.05) is 6.07 Å². The Hall–Kier alpha value is -2.51. The van der Waals surface area contributed by atoms with E-state index >= 15 is 0 Å². The van der Waals surface area contributed by atoms with Gasteiger partial charge in [0.05, 0.1) is 5.69 Å². The van der Waals surface area contributed by atoms with Crippen molar-refractivity contribution in [3.63, 3.8) is 0 Å². The summed E-state index contributed by atoms with van der Waals surface area (Å²) in [7, 11) is 4.13. The fraction of sp³-hybridized carbons (Fsp3) is 0.333. The topological polar surface area (TPSA) is 35.5 Å². The molecule has 0 atom stereocenters. The number of anilines is 2. The third-order valence-corrected chi connectivity index (χ3v) is 5.72. The Labute approximate surface area is 169 Å². The molecule has 1 aliphatic heterocycles. The number of nitrogens with zero attached hydrogens (tertiary/aromatic N) is 5. The molecule has 0 radical (unpaired) electrons. The van der Waals surface area contributed by atoms with Crippen molar-refractivity contribution in [2.24, 2.45) is 0 Å². The van der Waals surface area contributed by atoms with Gasteiger partial charge in [-0.05, 0) is 50.0 Å². The van der Waals surface area contributed by atoms with Gasteiger partial charge in [0.25, 0.3) is 0 Å². The molecule has 5 nitrogen and oxygen atoms in total. The van der Waals surface area contributed by atoms with Crippen LogP contribution in [0.15, 0.2) is 48.0 Å². The first kappa shape index (κ1) is 18.8. The summed E-state index contributed by atoms with van der Waals surface area (Å²) < 4.78 is 13.1. The Morgan fingerprint density at radius 3 is 2.36 bits per heavy atom. The minimum Gasteiger partial charge on any atom is -0.353 e. The minimum absolute atomic E-state index is 0.223. The van der Waals surface area contributed by atoms with Gasteiger partial charge in [-0.25, -0.2) is 14.4 Å². The van der Waals surface area contributed by atoms with E-state index in [1.807, 2.05) is 11.6 Å². The van der Waals surface area contributed by atoms with Crippen LogP contribution in [0.25, 0.3) is 11.3 Å². The molecule has 1 fully saturated rings. The second-order valence-electron chi connectivity index (χ2n) is 7.26. The Kier molecular flexibility index (Phi) is 5.54. The summed E-state index contributed by atoms with van der Waals surface area (Å²) in [6.45, 7) is 4.58. The van der Waals surface area contributed by atoms with Crippen LogP contribution in [0.3, 0.4) is 0 Å². The van der Waals surface area contributed by atoms with Crippen molar-refractivity contribution in [2.75, 3.05) is 50.1 Å². The maximum Gasteiger partial charge on any atom is 0.185 e. The molecule has 146 valence electrons. The van der Waals surface area contributed by atoms with Crippen molar-refractivity contribution in [3.05, 3.63) is 59.4 Å². The third kappa shape index (κ3) is 4.31. The van der Waals surface area contributed by atoms with Crippen molar-refractivity contribution >= 4 is 22.3 Å². The molecule has 1 aliphatic rings. The molecule has 3 heterocycles. The number of hydrogen-bond donors (Lipinski definition) is 0. The van der Waals surface area contributed by atoms with Crippen LogP contribution in [0.1, 0.15) is 5.56 Å². The van der Waals surface area contributed by atoms with Crippen molar-refractivity contribution in [2.45, 2.75) is 6.54 Å². The quantitative estimate of drug-likeness (QED) is 0.656. The van der Waals surface area contributed by atoms with E-state index in [-0.39, 0.29) is 5.82 Å². The van der Waals surface area contributed by atoms with E-state index in [0.29, 0.717) is 0 Å². The van der Waals surface area contributed by atoms with Crippen molar-refractivity contribution in [3.8, 4) is 11.3 Å². The summed E-state index contributed by atoms with van der Waals surface area (Å²) in [6, 6.07) is 10.8. The Bertz CT molecular complexity index is 899. The number of aromatic nitrogens is 2. The molecular weight excluding hydrogens is 373 g/mol. The average Bonchev–Trinajstić information content (AvgIpc) is 3.19. The van der Waals surface area contributed by atoms with Crippen molar-refractivity contribution in [1.82, 2.24) is 14.9 Å². The van der Waals surface area contributed by atoms with Crippen LogP contribution in [0.4, 0.5) is 15.3 Å². The SMILES string of the molecule is CN(C)Cc1ccc(N2CCN(c3nc(-c4ccc(F)cc4)cs3)CC2)nc1. The van der Waals surface area contributed by atoms with Gasteiger partial charge >= 0.3 is 0 Å². The van der Waals surface area contributed by atoms with Crippen LogP contribution in [0.2, 0.25) is 0 Å². The first-order valence-corrected chi connectivity index (χ1v) is 10.3. The van der Waals surface area contributed by atoms with Gasteiger partial charge in [-0.15, -0.1) is 11.3 Å². The molecule has 3 aromatic rings. The van der Waals surface area contributed by atoms with Crippen molar-refractivity contribution < 1.29 is 4.39 Å². The summed E-state index contributed by atoms with van der Waals surface area (Å²) in [5.41, 5.74) is 3.08. The predicted molar refractivity (Wildman–Crippen MR) is 114 cm³/mol. The lowest BCUT2D eigenvalue weighted by atomic mass is 10.2. The predicted octanol–water partition coefficient (Wildman–Crippen LogP) is 3.73. The lowest BCUT2D eigenvalue weighted by molar-refractivity contribution is 0.402. The van der Waals surface area contributed by atoms with Gasteiger partial charge in [-0.2, -0.15) is 0 Å². The van der Waals surface area contributed by atoms with Gasteiger partial charge in [0, 0.05) is 49.9 Å². The monoisotopic (exact) mass is 397 g/mol. The van der Waals surface area contributed by atoms with E-state index in [4.69, 9.17) is 4.98 Å². The number of rotatable bonds is 5. The van der Waals surface area contributed by atoms with Crippen LogP contribution < -0.4 is 9.80 Å². The fourth-order valence-electron chi connectivity index (χ4n) is 3.35. The molecule has 2 aromatic heterocycles. The Morgan fingerprint density at radius 1 is 1.00 bits per heavy atom. The van der Waals surface area contributed by atoms with E-state index in [1.54, 1.807) is 23.5 Å². The number of thiazole rings is 1. The Morgan fingerprint density at radius 2 is 1.71 bits per heavy atom. The van der Waals surface area contributed by atoms with Gasteiger partial charge in [0.15, 0.2) is 5.13 Å². The van der Waals surface area contributed by atoms with E-state index in [9.17, 15) is 4.39 Å². The summed E-state index contributed by atoms with van der Waals surface area (Å²) in [4.78, 5) is 16.2. The zero-order valence-electron chi connectivity index (χ0n) is 16.2. The summed E-state index contributed by atoms with van der Waals surface area (Å²) >= 11 is 1.64. The van der Waals surface area contributed by atoms with Crippen LogP contribution in [-0.4, -0.2) is 55.1 Å². The Balaban J connectivity index is 1.37. The first-order valence-electron chi connectivity index (χ1n) is 9.39. The largest absolute Gasteiger partial charge is 0.353 e. The molecule has 0 N–H and O–H groups in total. The second kappa shape index (κ2) is 8.24. The van der Waals surface area contributed by atoms with E-state index < -0.39 is 0 Å². The zero-order valence-corrected chi connectivity index (χ0v) is 17.0. The highest BCUT2D eigenvalue weighted by atomic mass is 32.1. The molecular formula is C21H24FN5S. The van der Waals surface area contributed by atoms with Crippen LogP contribution >= 0.6 is 11.3 Å². The number of hydrogen-bond acceptors (Lipinski definition) is 6. The van der Waals surface area contributed by atoms with Crippen LogP contribution in [0.5, 0.6) is 0 Å². The van der Waals surface area contributed by atoms with Crippen molar-refractivity contribution in [1.29, 1.82) is 0 Å². The molecule has 28 heavy (non-hydrogen) atoms.